The Morgan fingerprint density at radius 2 is 1.89 bits per heavy atom. The third kappa shape index (κ3) is 6.03. The molecule has 0 aliphatic carbocycles. The van der Waals surface area contributed by atoms with Crippen molar-refractivity contribution in [3.05, 3.63) is 35.9 Å². The Bertz CT molecular complexity index is 341. The Morgan fingerprint density at radius 1 is 1.28 bits per heavy atom. The number of rotatable bonds is 6. The molecule has 3 nitrogen and oxygen atoms in total. The Morgan fingerprint density at radius 3 is 2.44 bits per heavy atom. The lowest BCUT2D eigenvalue weighted by atomic mass is 10.1. The fraction of sp³-hybridized carbons (Fsp3) is 0.500. The molecule has 1 aromatic carbocycles. The molecule has 0 saturated heterocycles. The van der Waals surface area contributed by atoms with Crippen LogP contribution in [-0.2, 0) is 11.2 Å². The lowest BCUT2D eigenvalue weighted by molar-refractivity contribution is -0.130. The zero-order valence-electron chi connectivity index (χ0n) is 11.1. The quantitative estimate of drug-likeness (QED) is 0.806. The molecule has 1 rings (SSSR count). The van der Waals surface area contributed by atoms with Crippen LogP contribution in [0.25, 0.3) is 0 Å². The van der Waals surface area contributed by atoms with Gasteiger partial charge < -0.3 is 10.6 Å². The molecule has 0 radical (unpaired) electrons. The molecule has 1 atom stereocenters. The smallest absolute Gasteiger partial charge is 0.238 e. The van der Waals surface area contributed by atoms with Gasteiger partial charge in [0, 0.05) is 13.6 Å². The zero-order chi connectivity index (χ0) is 12.7. The third-order valence-corrected chi connectivity index (χ3v) is 2.82. The molecule has 2 N–H and O–H groups in total. The molecule has 0 spiro atoms. The average Bonchev–Trinajstić information content (AvgIpc) is 2.34. The van der Waals surface area contributed by atoms with Crippen molar-refractivity contribution < 1.29 is 4.79 Å². The van der Waals surface area contributed by atoms with Gasteiger partial charge in [-0.1, -0.05) is 30.3 Å². The van der Waals surface area contributed by atoms with Crippen LogP contribution in [0.1, 0.15) is 25.3 Å². The summed E-state index contributed by atoms with van der Waals surface area (Å²) in [6, 6.07) is 10.0. The molecule has 0 aromatic heterocycles. The molecule has 1 unspecified atom stereocenters. The van der Waals surface area contributed by atoms with E-state index in [0.29, 0.717) is 0 Å². The first-order chi connectivity index (χ1) is 8.11. The summed E-state index contributed by atoms with van der Waals surface area (Å²) in [4.78, 5) is 13.2. The number of likely N-dealkylation sites (N-methyl/N-ethyl adjacent to an activating group) is 1. The third-order valence-electron chi connectivity index (χ3n) is 2.82. The molecule has 0 aliphatic rings. The maximum absolute atomic E-state index is 11.5. The van der Waals surface area contributed by atoms with Gasteiger partial charge in [-0.15, -0.1) is 12.4 Å². The van der Waals surface area contributed by atoms with Gasteiger partial charge in [0.2, 0.25) is 5.91 Å². The van der Waals surface area contributed by atoms with Gasteiger partial charge in [0.25, 0.3) is 0 Å². The van der Waals surface area contributed by atoms with Crippen LogP contribution in [0.3, 0.4) is 0 Å². The summed E-state index contributed by atoms with van der Waals surface area (Å²) >= 11 is 0. The highest BCUT2D eigenvalue weighted by Gasteiger charge is 2.12. The van der Waals surface area contributed by atoms with Crippen LogP contribution in [0, 0.1) is 0 Å². The number of nitrogens with zero attached hydrogens (tertiary/aromatic N) is 1. The number of benzene rings is 1. The molecule has 0 aliphatic heterocycles. The lowest BCUT2D eigenvalue weighted by Crippen LogP contribution is -2.40. The van der Waals surface area contributed by atoms with Gasteiger partial charge in [-0.05, 0) is 31.7 Å². The summed E-state index contributed by atoms with van der Waals surface area (Å²) < 4.78 is 0. The number of unbranched alkanes of at least 4 members (excludes halogenated alkanes) is 1. The molecule has 4 heteroatoms. The summed E-state index contributed by atoms with van der Waals surface area (Å²) in [5, 5.41) is 0. The SMILES string of the molecule is CC(N)C(=O)N(C)CCCCc1ccccc1.Cl. The number of aryl methyl sites for hydroxylation is 1. The first kappa shape index (κ1) is 16.9. The van der Waals surface area contributed by atoms with Crippen molar-refractivity contribution in [3.8, 4) is 0 Å². The van der Waals surface area contributed by atoms with Gasteiger partial charge in [0.05, 0.1) is 6.04 Å². The molecule has 0 bridgehead atoms. The summed E-state index contributed by atoms with van der Waals surface area (Å²) in [5.74, 6) is 0.0183. The minimum atomic E-state index is -0.394. The predicted molar refractivity (Wildman–Crippen MR) is 77.9 cm³/mol. The highest BCUT2D eigenvalue weighted by Crippen LogP contribution is 2.05. The monoisotopic (exact) mass is 270 g/mol. The van der Waals surface area contributed by atoms with Crippen LogP contribution >= 0.6 is 12.4 Å². The highest BCUT2D eigenvalue weighted by molar-refractivity contribution is 5.85. The van der Waals surface area contributed by atoms with Crippen LogP contribution in [0.2, 0.25) is 0 Å². The zero-order valence-corrected chi connectivity index (χ0v) is 12.0. The standard InChI is InChI=1S/C14H22N2O.ClH/c1-12(15)14(17)16(2)11-7-6-10-13-8-4-3-5-9-13;/h3-5,8-9,12H,6-7,10-11,15H2,1-2H3;1H. The van der Waals surface area contributed by atoms with Crippen LogP contribution in [0.15, 0.2) is 30.3 Å². The largest absolute Gasteiger partial charge is 0.344 e. The Balaban J connectivity index is 0.00000289. The summed E-state index contributed by atoms with van der Waals surface area (Å²) in [7, 11) is 1.81. The summed E-state index contributed by atoms with van der Waals surface area (Å²) in [6.07, 6.45) is 3.19. The van der Waals surface area contributed by atoms with Crippen molar-refractivity contribution in [1.82, 2.24) is 4.90 Å². The highest BCUT2D eigenvalue weighted by atomic mass is 35.5. The van der Waals surface area contributed by atoms with E-state index in [-0.39, 0.29) is 18.3 Å². The lowest BCUT2D eigenvalue weighted by Gasteiger charge is -2.19. The second kappa shape index (κ2) is 8.95. The molecule has 0 heterocycles. The topological polar surface area (TPSA) is 46.3 Å². The Kier molecular flexibility index (Phi) is 8.42. The molecular formula is C14H23ClN2O. The second-order valence-corrected chi connectivity index (χ2v) is 4.49. The maximum atomic E-state index is 11.5. The van der Waals surface area contributed by atoms with Crippen LogP contribution in [-0.4, -0.2) is 30.4 Å². The van der Waals surface area contributed by atoms with Crippen molar-refractivity contribution in [2.24, 2.45) is 5.73 Å². The number of carbonyl (C=O) groups is 1. The molecule has 0 fully saturated rings. The van der Waals surface area contributed by atoms with Crippen LogP contribution < -0.4 is 5.73 Å². The first-order valence-electron chi connectivity index (χ1n) is 6.15. The van der Waals surface area contributed by atoms with Gasteiger partial charge in [-0.3, -0.25) is 4.79 Å². The summed E-state index contributed by atoms with van der Waals surface area (Å²) in [5.41, 5.74) is 6.90. The summed E-state index contributed by atoms with van der Waals surface area (Å²) in [6.45, 7) is 2.51. The Hall–Kier alpha value is -1.06. The molecule has 0 saturated carbocycles. The number of carbonyl (C=O) groups excluding carboxylic acids is 1. The van der Waals surface area contributed by atoms with Crippen molar-refractivity contribution in [2.75, 3.05) is 13.6 Å². The second-order valence-electron chi connectivity index (χ2n) is 4.49. The van der Waals surface area contributed by atoms with Crippen LogP contribution in [0.5, 0.6) is 0 Å². The molecule has 1 amide bonds. The minimum absolute atomic E-state index is 0. The van der Waals surface area contributed by atoms with E-state index in [1.165, 1.54) is 5.56 Å². The van der Waals surface area contributed by atoms with Crippen molar-refractivity contribution in [3.63, 3.8) is 0 Å². The maximum Gasteiger partial charge on any atom is 0.238 e. The molecule has 102 valence electrons. The van der Waals surface area contributed by atoms with E-state index in [2.05, 4.69) is 24.3 Å². The first-order valence-corrected chi connectivity index (χ1v) is 6.15. The van der Waals surface area contributed by atoms with E-state index < -0.39 is 6.04 Å². The number of nitrogens with two attached hydrogens (primary N) is 1. The van der Waals surface area contributed by atoms with E-state index in [4.69, 9.17) is 5.73 Å². The predicted octanol–water partition coefficient (Wildman–Crippen LogP) is 2.24. The fourth-order valence-corrected chi connectivity index (χ4v) is 1.78. The Labute approximate surface area is 116 Å². The van der Waals surface area contributed by atoms with Gasteiger partial charge in [-0.2, -0.15) is 0 Å². The van der Waals surface area contributed by atoms with Crippen LogP contribution in [0.4, 0.5) is 0 Å². The van der Waals surface area contributed by atoms with E-state index in [9.17, 15) is 4.79 Å². The minimum Gasteiger partial charge on any atom is -0.344 e. The number of halogens is 1. The van der Waals surface area contributed by atoms with Crippen molar-refractivity contribution in [1.29, 1.82) is 0 Å². The van der Waals surface area contributed by atoms with Crippen molar-refractivity contribution >= 4 is 18.3 Å². The number of hydrogen-bond acceptors (Lipinski definition) is 2. The van der Waals surface area contributed by atoms with E-state index in [1.807, 2.05) is 13.1 Å². The number of hydrogen-bond donors (Lipinski definition) is 1. The van der Waals surface area contributed by atoms with E-state index in [0.717, 1.165) is 25.8 Å². The van der Waals surface area contributed by atoms with E-state index >= 15 is 0 Å². The number of amides is 1. The normalized spacial score (nSPS) is 11.5. The van der Waals surface area contributed by atoms with Crippen molar-refractivity contribution in [2.45, 2.75) is 32.2 Å². The van der Waals surface area contributed by atoms with E-state index in [1.54, 1.807) is 11.8 Å². The van der Waals surface area contributed by atoms with Gasteiger partial charge >= 0.3 is 0 Å². The van der Waals surface area contributed by atoms with Gasteiger partial charge in [0.1, 0.15) is 0 Å². The average molecular weight is 271 g/mol. The molecule has 18 heavy (non-hydrogen) atoms. The molecular weight excluding hydrogens is 248 g/mol. The van der Waals surface area contributed by atoms with Gasteiger partial charge in [0.15, 0.2) is 0 Å². The fourth-order valence-electron chi connectivity index (χ4n) is 1.78. The van der Waals surface area contributed by atoms with Gasteiger partial charge in [-0.25, -0.2) is 0 Å². The molecule has 1 aromatic rings.